The summed E-state index contributed by atoms with van der Waals surface area (Å²) >= 11 is 9.33. The van der Waals surface area contributed by atoms with E-state index in [1.54, 1.807) is 18.2 Å². The number of benzene rings is 1. The first-order valence-corrected chi connectivity index (χ1v) is 7.46. The van der Waals surface area contributed by atoms with E-state index < -0.39 is 0 Å². The molecule has 6 heteroatoms. The summed E-state index contributed by atoms with van der Waals surface area (Å²) in [6.07, 6.45) is 2.29. The molecule has 0 heterocycles. The van der Waals surface area contributed by atoms with Crippen molar-refractivity contribution in [1.82, 2.24) is 0 Å². The number of nitrogens with one attached hydrogen (secondary N) is 2. The van der Waals surface area contributed by atoms with Crippen LogP contribution in [-0.2, 0) is 9.59 Å². The summed E-state index contributed by atoms with van der Waals surface area (Å²) in [6.45, 7) is 1.41. The zero-order chi connectivity index (χ0) is 14.3. The van der Waals surface area contributed by atoms with Crippen molar-refractivity contribution in [2.24, 2.45) is 0 Å². The van der Waals surface area contributed by atoms with Crippen molar-refractivity contribution in [2.75, 3.05) is 16.0 Å². The number of amides is 2. The van der Waals surface area contributed by atoms with Gasteiger partial charge in [-0.25, -0.2) is 0 Å². The highest BCUT2D eigenvalue weighted by molar-refractivity contribution is 9.09. The summed E-state index contributed by atoms with van der Waals surface area (Å²) in [6, 6.07) is 4.99. The van der Waals surface area contributed by atoms with E-state index in [2.05, 4.69) is 26.6 Å². The lowest BCUT2D eigenvalue weighted by atomic mass is 10.2. The molecule has 0 saturated heterocycles. The molecule has 1 aromatic rings. The molecule has 0 aliphatic heterocycles. The van der Waals surface area contributed by atoms with Gasteiger partial charge in [-0.15, -0.1) is 0 Å². The molecule has 0 radical (unpaired) electrons. The third kappa shape index (κ3) is 6.07. The molecule has 0 atom stereocenters. The summed E-state index contributed by atoms with van der Waals surface area (Å²) in [5.41, 5.74) is 1.16. The van der Waals surface area contributed by atoms with Crippen LogP contribution in [0, 0.1) is 0 Å². The Hall–Kier alpha value is -1.07. The third-order valence-electron chi connectivity index (χ3n) is 2.35. The van der Waals surface area contributed by atoms with Gasteiger partial charge in [-0.2, -0.15) is 0 Å². The van der Waals surface area contributed by atoms with Crippen LogP contribution in [0.25, 0.3) is 0 Å². The Morgan fingerprint density at radius 1 is 1.26 bits per heavy atom. The molecule has 2 N–H and O–H groups in total. The van der Waals surface area contributed by atoms with Gasteiger partial charge in [0, 0.05) is 24.4 Å². The van der Waals surface area contributed by atoms with Crippen molar-refractivity contribution < 1.29 is 9.59 Å². The van der Waals surface area contributed by atoms with Crippen LogP contribution in [0.2, 0.25) is 5.02 Å². The molecule has 0 unspecified atom stereocenters. The second-order valence-electron chi connectivity index (χ2n) is 4.07. The Morgan fingerprint density at radius 2 is 2.00 bits per heavy atom. The van der Waals surface area contributed by atoms with Gasteiger partial charge in [0.05, 0.1) is 10.7 Å². The molecule has 1 rings (SSSR count). The van der Waals surface area contributed by atoms with Crippen LogP contribution >= 0.6 is 27.5 Å². The number of rotatable bonds is 6. The van der Waals surface area contributed by atoms with Crippen molar-refractivity contribution >= 4 is 50.7 Å². The topological polar surface area (TPSA) is 58.2 Å². The van der Waals surface area contributed by atoms with Crippen LogP contribution in [0.1, 0.15) is 26.2 Å². The van der Waals surface area contributed by atoms with E-state index in [-0.39, 0.29) is 11.8 Å². The number of hydrogen-bond donors (Lipinski definition) is 2. The minimum Gasteiger partial charge on any atom is -0.326 e. The Balaban J connectivity index is 2.58. The van der Waals surface area contributed by atoms with Gasteiger partial charge in [-0.1, -0.05) is 27.5 Å². The van der Waals surface area contributed by atoms with Crippen LogP contribution in [0.4, 0.5) is 11.4 Å². The normalized spacial score (nSPS) is 10.1. The van der Waals surface area contributed by atoms with Crippen LogP contribution in [0.5, 0.6) is 0 Å². The molecule has 19 heavy (non-hydrogen) atoms. The number of carbonyl (C=O) groups is 2. The maximum Gasteiger partial charge on any atom is 0.224 e. The lowest BCUT2D eigenvalue weighted by Gasteiger charge is -2.09. The molecule has 0 aliphatic carbocycles. The molecule has 1 aromatic carbocycles. The lowest BCUT2D eigenvalue weighted by molar-refractivity contribution is -0.116. The van der Waals surface area contributed by atoms with Gasteiger partial charge >= 0.3 is 0 Å². The van der Waals surface area contributed by atoms with Crippen molar-refractivity contribution in [1.29, 1.82) is 0 Å². The third-order valence-corrected chi connectivity index (χ3v) is 3.22. The number of unbranched alkanes of at least 4 members (excludes halogenated alkanes) is 1. The summed E-state index contributed by atoms with van der Waals surface area (Å²) < 4.78 is 0. The highest BCUT2D eigenvalue weighted by atomic mass is 79.9. The first kappa shape index (κ1) is 16.0. The van der Waals surface area contributed by atoms with Crippen molar-refractivity contribution in [3.8, 4) is 0 Å². The number of anilines is 2. The largest absolute Gasteiger partial charge is 0.326 e. The highest BCUT2D eigenvalue weighted by Gasteiger charge is 2.06. The smallest absolute Gasteiger partial charge is 0.224 e. The Bertz CT molecular complexity index is 466. The zero-order valence-electron chi connectivity index (χ0n) is 10.6. The van der Waals surface area contributed by atoms with Gasteiger partial charge in [-0.05, 0) is 31.0 Å². The average Bonchev–Trinajstić information content (AvgIpc) is 2.32. The van der Waals surface area contributed by atoms with E-state index in [9.17, 15) is 9.59 Å². The minimum atomic E-state index is -0.187. The number of alkyl halides is 1. The molecule has 0 aliphatic rings. The summed E-state index contributed by atoms with van der Waals surface area (Å²) in [4.78, 5) is 22.6. The van der Waals surface area contributed by atoms with Crippen LogP contribution in [-0.4, -0.2) is 17.1 Å². The molecular weight excluding hydrogens is 332 g/mol. The fourth-order valence-corrected chi connectivity index (χ4v) is 2.11. The number of carbonyl (C=O) groups excluding carboxylic acids is 2. The quantitative estimate of drug-likeness (QED) is 0.607. The Kier molecular flexibility index (Phi) is 6.87. The van der Waals surface area contributed by atoms with Gasteiger partial charge in [0.25, 0.3) is 0 Å². The van der Waals surface area contributed by atoms with E-state index in [0.29, 0.717) is 22.8 Å². The average molecular weight is 348 g/mol. The molecule has 0 aromatic heterocycles. The van der Waals surface area contributed by atoms with Crippen LogP contribution in [0.3, 0.4) is 0 Å². The molecule has 0 bridgehead atoms. The van der Waals surface area contributed by atoms with E-state index in [0.717, 1.165) is 18.2 Å². The maximum absolute atomic E-state index is 11.6. The first-order valence-electron chi connectivity index (χ1n) is 5.96. The Morgan fingerprint density at radius 3 is 2.58 bits per heavy atom. The second-order valence-corrected chi connectivity index (χ2v) is 5.27. The first-order chi connectivity index (χ1) is 9.02. The van der Waals surface area contributed by atoms with E-state index in [1.165, 1.54) is 6.92 Å². The van der Waals surface area contributed by atoms with Gasteiger partial charge in [0.15, 0.2) is 0 Å². The predicted molar refractivity (Wildman–Crippen MR) is 82.0 cm³/mol. The van der Waals surface area contributed by atoms with Gasteiger partial charge in [-0.3, -0.25) is 9.59 Å². The van der Waals surface area contributed by atoms with Crippen LogP contribution < -0.4 is 10.6 Å². The van der Waals surface area contributed by atoms with Gasteiger partial charge in [0.2, 0.25) is 11.8 Å². The monoisotopic (exact) mass is 346 g/mol. The molecular formula is C13H16BrClN2O2. The van der Waals surface area contributed by atoms with Gasteiger partial charge in [0.1, 0.15) is 0 Å². The zero-order valence-corrected chi connectivity index (χ0v) is 13.0. The molecule has 0 spiro atoms. The standard InChI is InChI=1S/C13H16BrClN2O2/c1-9(18)16-12-6-5-10(8-11(12)15)17-13(19)4-2-3-7-14/h5-6,8H,2-4,7H2,1H3,(H,16,18)(H,17,19). The van der Waals surface area contributed by atoms with E-state index in [4.69, 9.17) is 11.6 Å². The molecule has 2 amide bonds. The summed E-state index contributed by atoms with van der Waals surface area (Å²) in [5.74, 6) is -0.224. The summed E-state index contributed by atoms with van der Waals surface area (Å²) in [5, 5.41) is 6.67. The van der Waals surface area contributed by atoms with Crippen LogP contribution in [0.15, 0.2) is 18.2 Å². The SMILES string of the molecule is CC(=O)Nc1ccc(NC(=O)CCCCBr)cc1Cl. The Labute approximate surface area is 126 Å². The van der Waals surface area contributed by atoms with Crippen molar-refractivity contribution in [3.63, 3.8) is 0 Å². The predicted octanol–water partition coefficient (Wildman–Crippen LogP) is 3.80. The van der Waals surface area contributed by atoms with Crippen molar-refractivity contribution in [2.45, 2.75) is 26.2 Å². The molecule has 4 nitrogen and oxygen atoms in total. The number of halogens is 2. The number of hydrogen-bond acceptors (Lipinski definition) is 2. The van der Waals surface area contributed by atoms with E-state index in [1.807, 2.05) is 0 Å². The molecule has 0 saturated carbocycles. The van der Waals surface area contributed by atoms with Gasteiger partial charge < -0.3 is 10.6 Å². The fourth-order valence-electron chi connectivity index (χ4n) is 1.49. The minimum absolute atomic E-state index is 0.0377. The lowest BCUT2D eigenvalue weighted by Crippen LogP contribution is -2.11. The molecule has 104 valence electrons. The summed E-state index contributed by atoms with van der Waals surface area (Å²) in [7, 11) is 0. The van der Waals surface area contributed by atoms with Crippen molar-refractivity contribution in [3.05, 3.63) is 23.2 Å². The fraction of sp³-hybridized carbons (Fsp3) is 0.385. The van der Waals surface area contributed by atoms with E-state index >= 15 is 0 Å². The highest BCUT2D eigenvalue weighted by Crippen LogP contribution is 2.25. The molecule has 0 fully saturated rings. The maximum atomic E-state index is 11.6. The second kappa shape index (κ2) is 8.17.